The Hall–Kier alpha value is -2.30. The lowest BCUT2D eigenvalue weighted by Gasteiger charge is -2.29. The zero-order valence-corrected chi connectivity index (χ0v) is 14.8. The highest BCUT2D eigenvalue weighted by molar-refractivity contribution is 6.18. The maximum Gasteiger partial charge on any atom is 0.348 e. The third-order valence-electron chi connectivity index (χ3n) is 3.67. The maximum absolute atomic E-state index is 12.0. The first-order valence-corrected chi connectivity index (χ1v) is 8.39. The molecule has 1 aliphatic heterocycles. The molecule has 0 unspecified atom stereocenters. The van der Waals surface area contributed by atoms with Crippen LogP contribution in [0.25, 0.3) is 6.08 Å². The van der Waals surface area contributed by atoms with Crippen molar-refractivity contribution >= 4 is 23.7 Å². The van der Waals surface area contributed by atoms with Crippen molar-refractivity contribution in [3.63, 3.8) is 0 Å². The van der Waals surface area contributed by atoms with Gasteiger partial charge in [-0.3, -0.25) is 0 Å². The molecular formula is C19H25NO4. The number of ether oxygens (including phenoxy) is 2. The summed E-state index contributed by atoms with van der Waals surface area (Å²) in [7, 11) is 0. The maximum atomic E-state index is 12.0. The van der Waals surface area contributed by atoms with Gasteiger partial charge in [0.25, 0.3) is 5.79 Å². The molecule has 0 N–H and O–H groups in total. The minimum atomic E-state index is -1.21. The molecule has 0 bridgehead atoms. The molecule has 1 aromatic carbocycles. The predicted molar refractivity (Wildman–Crippen MR) is 93.5 cm³/mol. The quantitative estimate of drug-likeness (QED) is 0.453. The van der Waals surface area contributed by atoms with E-state index in [9.17, 15) is 9.59 Å². The minimum absolute atomic E-state index is 0.0824. The monoisotopic (exact) mass is 331 g/mol. The van der Waals surface area contributed by atoms with Gasteiger partial charge >= 0.3 is 11.9 Å². The van der Waals surface area contributed by atoms with E-state index in [0.29, 0.717) is 0 Å². The van der Waals surface area contributed by atoms with Crippen molar-refractivity contribution in [3.05, 3.63) is 35.4 Å². The first-order chi connectivity index (χ1) is 11.4. The van der Waals surface area contributed by atoms with Crippen molar-refractivity contribution in [1.82, 2.24) is 0 Å². The Morgan fingerprint density at radius 1 is 0.958 bits per heavy atom. The Balaban J connectivity index is 2.19. The summed E-state index contributed by atoms with van der Waals surface area (Å²) >= 11 is 0. The minimum Gasteiger partial charge on any atom is -0.419 e. The largest absolute Gasteiger partial charge is 0.419 e. The number of anilines is 1. The second-order valence-electron chi connectivity index (χ2n) is 6.32. The summed E-state index contributed by atoms with van der Waals surface area (Å²) in [5.41, 5.74) is 1.81. The van der Waals surface area contributed by atoms with Crippen molar-refractivity contribution in [1.29, 1.82) is 0 Å². The number of cyclic esters (lactones) is 2. The Labute approximate surface area is 143 Å². The lowest BCUT2D eigenvalue weighted by atomic mass is 10.1. The lowest BCUT2D eigenvalue weighted by Crippen LogP contribution is -2.41. The average Bonchev–Trinajstić information content (AvgIpc) is 2.50. The Kier molecular flexibility index (Phi) is 5.65. The van der Waals surface area contributed by atoms with Crippen LogP contribution in [0, 0.1) is 0 Å². The molecule has 0 aliphatic carbocycles. The second-order valence-corrected chi connectivity index (χ2v) is 6.32. The highest BCUT2D eigenvalue weighted by Gasteiger charge is 2.38. The first kappa shape index (κ1) is 18.0. The average molecular weight is 331 g/mol. The number of hydrogen-bond donors (Lipinski definition) is 0. The van der Waals surface area contributed by atoms with Gasteiger partial charge < -0.3 is 14.4 Å². The van der Waals surface area contributed by atoms with Gasteiger partial charge in [-0.25, -0.2) is 9.59 Å². The third-order valence-corrected chi connectivity index (χ3v) is 3.67. The number of carbonyl (C=O) groups is 2. The Morgan fingerprint density at radius 3 is 1.92 bits per heavy atom. The number of benzene rings is 1. The standard InChI is InChI=1S/C19H25NO4/c1-5-11-20(12-6-2)15-9-7-14(8-10-15)13-16-17(21)23-19(3,4)24-18(16)22/h7-10,13H,5-6,11-12H2,1-4H3. The number of carbonyl (C=O) groups excluding carboxylic acids is 2. The van der Waals surface area contributed by atoms with Crippen molar-refractivity contribution < 1.29 is 19.1 Å². The second kappa shape index (κ2) is 7.51. The van der Waals surface area contributed by atoms with Crippen LogP contribution in [0.1, 0.15) is 46.1 Å². The summed E-state index contributed by atoms with van der Waals surface area (Å²) in [4.78, 5) is 26.3. The fourth-order valence-corrected chi connectivity index (χ4v) is 2.64. The van der Waals surface area contributed by atoms with Gasteiger partial charge in [0.1, 0.15) is 5.57 Å². The molecule has 0 atom stereocenters. The number of nitrogens with zero attached hydrogens (tertiary/aromatic N) is 1. The van der Waals surface area contributed by atoms with Crippen molar-refractivity contribution in [2.75, 3.05) is 18.0 Å². The third kappa shape index (κ3) is 4.37. The molecule has 5 nitrogen and oxygen atoms in total. The molecule has 1 saturated heterocycles. The van der Waals surface area contributed by atoms with E-state index in [4.69, 9.17) is 9.47 Å². The van der Waals surface area contributed by atoms with E-state index in [-0.39, 0.29) is 5.57 Å². The normalized spacial score (nSPS) is 16.4. The molecule has 1 aliphatic rings. The SMILES string of the molecule is CCCN(CCC)c1ccc(C=C2C(=O)OC(C)(C)OC2=O)cc1. The molecule has 1 heterocycles. The molecule has 130 valence electrons. The molecule has 2 rings (SSSR count). The summed E-state index contributed by atoms with van der Waals surface area (Å²) in [6, 6.07) is 7.78. The van der Waals surface area contributed by atoms with Gasteiger partial charge in [-0.1, -0.05) is 26.0 Å². The Morgan fingerprint density at radius 2 is 1.46 bits per heavy atom. The van der Waals surface area contributed by atoms with Crippen LogP contribution < -0.4 is 4.90 Å². The van der Waals surface area contributed by atoms with Crippen LogP contribution in [0.5, 0.6) is 0 Å². The zero-order valence-electron chi connectivity index (χ0n) is 14.8. The van der Waals surface area contributed by atoms with Gasteiger partial charge in [0.05, 0.1) is 0 Å². The van der Waals surface area contributed by atoms with Crippen LogP contribution >= 0.6 is 0 Å². The van der Waals surface area contributed by atoms with E-state index in [0.717, 1.165) is 37.2 Å². The van der Waals surface area contributed by atoms with Gasteiger partial charge in [0.15, 0.2) is 0 Å². The molecule has 1 fully saturated rings. The molecular weight excluding hydrogens is 306 g/mol. The van der Waals surface area contributed by atoms with E-state index in [2.05, 4.69) is 18.7 Å². The number of rotatable bonds is 6. The fourth-order valence-electron chi connectivity index (χ4n) is 2.64. The van der Waals surface area contributed by atoms with Gasteiger partial charge in [0.2, 0.25) is 0 Å². The van der Waals surface area contributed by atoms with Crippen molar-refractivity contribution in [3.8, 4) is 0 Å². The molecule has 24 heavy (non-hydrogen) atoms. The predicted octanol–water partition coefficient (Wildman–Crippen LogP) is 3.53. The molecule has 0 amide bonds. The van der Waals surface area contributed by atoms with Crippen LogP contribution in [-0.2, 0) is 19.1 Å². The van der Waals surface area contributed by atoms with E-state index in [1.807, 2.05) is 24.3 Å². The number of hydrogen-bond acceptors (Lipinski definition) is 5. The summed E-state index contributed by atoms with van der Waals surface area (Å²) < 4.78 is 10.2. The fraction of sp³-hybridized carbons (Fsp3) is 0.474. The topological polar surface area (TPSA) is 55.8 Å². The van der Waals surface area contributed by atoms with Crippen LogP contribution in [0.15, 0.2) is 29.8 Å². The van der Waals surface area contributed by atoms with E-state index >= 15 is 0 Å². The smallest absolute Gasteiger partial charge is 0.348 e. The van der Waals surface area contributed by atoms with Gasteiger partial charge in [-0.2, -0.15) is 0 Å². The van der Waals surface area contributed by atoms with Crippen LogP contribution in [0.4, 0.5) is 5.69 Å². The van der Waals surface area contributed by atoms with E-state index in [1.54, 1.807) is 0 Å². The summed E-state index contributed by atoms with van der Waals surface area (Å²) in [5.74, 6) is -2.52. The molecule has 0 saturated carbocycles. The lowest BCUT2D eigenvalue weighted by molar-refractivity contribution is -0.222. The van der Waals surface area contributed by atoms with Gasteiger partial charge in [-0.15, -0.1) is 0 Å². The van der Waals surface area contributed by atoms with Gasteiger partial charge in [-0.05, 0) is 36.6 Å². The molecule has 1 aromatic rings. The molecule has 0 aromatic heterocycles. The molecule has 0 radical (unpaired) electrons. The Bertz CT molecular complexity index is 603. The van der Waals surface area contributed by atoms with Crippen LogP contribution in [0.2, 0.25) is 0 Å². The van der Waals surface area contributed by atoms with Crippen LogP contribution in [-0.4, -0.2) is 30.8 Å². The molecule has 5 heteroatoms. The van der Waals surface area contributed by atoms with E-state index < -0.39 is 17.7 Å². The van der Waals surface area contributed by atoms with E-state index in [1.165, 1.54) is 19.9 Å². The summed E-state index contributed by atoms with van der Waals surface area (Å²) in [6.45, 7) is 9.38. The first-order valence-electron chi connectivity index (χ1n) is 8.39. The van der Waals surface area contributed by atoms with Crippen molar-refractivity contribution in [2.24, 2.45) is 0 Å². The molecule has 0 spiro atoms. The highest BCUT2D eigenvalue weighted by Crippen LogP contribution is 2.25. The van der Waals surface area contributed by atoms with Gasteiger partial charge in [0, 0.05) is 32.6 Å². The highest BCUT2D eigenvalue weighted by atomic mass is 16.7. The van der Waals surface area contributed by atoms with Crippen molar-refractivity contribution in [2.45, 2.75) is 46.3 Å². The summed E-state index contributed by atoms with van der Waals surface area (Å²) in [6.07, 6.45) is 3.67. The van der Waals surface area contributed by atoms with Crippen LogP contribution in [0.3, 0.4) is 0 Å². The summed E-state index contributed by atoms with van der Waals surface area (Å²) in [5, 5.41) is 0. The number of esters is 2. The zero-order chi connectivity index (χ0) is 17.7.